The summed E-state index contributed by atoms with van der Waals surface area (Å²) in [5.74, 6) is 1.03. The van der Waals surface area contributed by atoms with E-state index < -0.39 is 0 Å². The molecule has 0 unspecified atom stereocenters. The molecule has 0 radical (unpaired) electrons. The molecule has 1 amide bonds. The number of carbonyl (C=O) groups is 1. The normalized spacial score (nSPS) is 13.0. The lowest BCUT2D eigenvalue weighted by Gasteiger charge is -2.29. The van der Waals surface area contributed by atoms with E-state index in [0.717, 1.165) is 46.3 Å². The van der Waals surface area contributed by atoms with Crippen LogP contribution >= 0.6 is 0 Å². The summed E-state index contributed by atoms with van der Waals surface area (Å²) in [6.45, 7) is 4.30. The van der Waals surface area contributed by atoms with Gasteiger partial charge in [-0.05, 0) is 48.7 Å². The van der Waals surface area contributed by atoms with E-state index in [-0.39, 0.29) is 5.91 Å². The van der Waals surface area contributed by atoms with E-state index in [2.05, 4.69) is 39.8 Å². The van der Waals surface area contributed by atoms with Gasteiger partial charge in [-0.2, -0.15) is 0 Å². The quantitative estimate of drug-likeness (QED) is 0.450. The number of methoxy groups -OCH3 is 1. The lowest BCUT2D eigenvalue weighted by Crippen LogP contribution is -2.34. The summed E-state index contributed by atoms with van der Waals surface area (Å²) in [5.41, 5.74) is 5.64. The molecule has 0 saturated heterocycles. The highest BCUT2D eigenvalue weighted by Crippen LogP contribution is 2.38. The monoisotopic (exact) mass is 439 g/mol. The molecule has 166 valence electrons. The highest BCUT2D eigenvalue weighted by atomic mass is 16.5. The van der Waals surface area contributed by atoms with E-state index in [1.54, 1.807) is 18.2 Å². The third-order valence-corrected chi connectivity index (χ3v) is 6.03. The zero-order valence-corrected chi connectivity index (χ0v) is 18.7. The van der Waals surface area contributed by atoms with E-state index in [1.807, 2.05) is 37.4 Å². The molecule has 4 aromatic rings. The first-order valence-electron chi connectivity index (χ1n) is 10.9. The van der Waals surface area contributed by atoms with Gasteiger partial charge in [0.15, 0.2) is 0 Å². The summed E-state index contributed by atoms with van der Waals surface area (Å²) >= 11 is 0. The van der Waals surface area contributed by atoms with Gasteiger partial charge in [0, 0.05) is 48.1 Å². The smallest absolute Gasteiger partial charge is 0.250 e. The van der Waals surface area contributed by atoms with Crippen molar-refractivity contribution < 1.29 is 9.53 Å². The predicted octanol–water partition coefficient (Wildman–Crippen LogP) is 4.85. The summed E-state index contributed by atoms with van der Waals surface area (Å²) in [6, 6.07) is 14.1. The van der Waals surface area contributed by atoms with Crippen LogP contribution in [0.5, 0.6) is 5.75 Å². The van der Waals surface area contributed by atoms with E-state index in [9.17, 15) is 4.79 Å². The number of fused-ring (bicyclic) bond motifs is 2. The molecular formula is C26H25N5O2. The Morgan fingerprint density at radius 3 is 2.91 bits per heavy atom. The van der Waals surface area contributed by atoms with Gasteiger partial charge < -0.3 is 19.5 Å². The van der Waals surface area contributed by atoms with E-state index >= 15 is 0 Å². The first-order valence-corrected chi connectivity index (χ1v) is 10.9. The van der Waals surface area contributed by atoms with Crippen molar-refractivity contribution in [3.8, 4) is 17.0 Å². The topological polar surface area (TPSA) is 72.3 Å². The van der Waals surface area contributed by atoms with E-state index in [1.165, 1.54) is 6.08 Å². The molecule has 33 heavy (non-hydrogen) atoms. The standard InChI is InChI=1S/C26H25N5O2/c1-4-25(32)31-13-7-8-17-14-24(33-3)21(15-23(17)31)29-26-27-12-11-20(28-26)19-16-30(2)22-10-6-5-9-18(19)22/h4-6,9-12,14-16H,1,7-8,13H2,2-3H3,(H,27,28,29). The molecular weight excluding hydrogens is 414 g/mol. The fraction of sp³-hybridized carbons (Fsp3) is 0.192. The number of aromatic nitrogens is 3. The van der Waals surface area contributed by atoms with Gasteiger partial charge in [-0.1, -0.05) is 24.8 Å². The van der Waals surface area contributed by atoms with Gasteiger partial charge in [0.2, 0.25) is 11.9 Å². The van der Waals surface area contributed by atoms with Crippen molar-refractivity contribution >= 4 is 34.1 Å². The zero-order valence-electron chi connectivity index (χ0n) is 18.7. The van der Waals surface area contributed by atoms with Crippen LogP contribution in [0.4, 0.5) is 17.3 Å². The lowest BCUT2D eigenvalue weighted by molar-refractivity contribution is -0.114. The molecule has 5 rings (SSSR count). The Morgan fingerprint density at radius 2 is 2.09 bits per heavy atom. The second-order valence-electron chi connectivity index (χ2n) is 8.04. The Kier molecular flexibility index (Phi) is 5.30. The molecule has 0 atom stereocenters. The van der Waals surface area contributed by atoms with Crippen LogP contribution in [0.1, 0.15) is 12.0 Å². The highest BCUT2D eigenvalue weighted by molar-refractivity contribution is 6.02. The van der Waals surface area contributed by atoms with Crippen molar-refractivity contribution in [3.63, 3.8) is 0 Å². The minimum Gasteiger partial charge on any atom is -0.495 e. The second-order valence-corrected chi connectivity index (χ2v) is 8.04. The number of nitrogens with one attached hydrogen (secondary N) is 1. The maximum absolute atomic E-state index is 12.4. The molecule has 0 fully saturated rings. The Bertz CT molecular complexity index is 1370. The number of hydrogen-bond donors (Lipinski definition) is 1. The number of benzene rings is 2. The van der Waals surface area contributed by atoms with Gasteiger partial charge in [0.1, 0.15) is 5.75 Å². The first kappa shape index (κ1) is 20.8. The Labute approximate surface area is 192 Å². The van der Waals surface area contributed by atoms with Gasteiger partial charge in [-0.15, -0.1) is 0 Å². The Balaban J connectivity index is 1.53. The van der Waals surface area contributed by atoms with Crippen LogP contribution in [0.3, 0.4) is 0 Å². The van der Waals surface area contributed by atoms with Crippen LogP contribution in [0.15, 0.2) is 67.5 Å². The Morgan fingerprint density at radius 1 is 1.24 bits per heavy atom. The number of carbonyl (C=O) groups excluding carboxylic acids is 1. The minimum absolute atomic E-state index is 0.110. The zero-order chi connectivity index (χ0) is 22.9. The third-order valence-electron chi connectivity index (χ3n) is 6.03. The number of ether oxygens (including phenoxy) is 1. The van der Waals surface area contributed by atoms with Crippen LogP contribution in [-0.2, 0) is 18.3 Å². The molecule has 0 spiro atoms. The number of amides is 1. The molecule has 7 heteroatoms. The highest BCUT2D eigenvalue weighted by Gasteiger charge is 2.23. The van der Waals surface area contributed by atoms with Gasteiger partial charge in [0.05, 0.1) is 18.5 Å². The van der Waals surface area contributed by atoms with Crippen LogP contribution in [0.25, 0.3) is 22.2 Å². The third kappa shape index (κ3) is 3.71. The molecule has 1 aliphatic rings. The SMILES string of the molecule is C=CC(=O)N1CCCc2cc(OC)c(Nc3nccc(-c4cn(C)c5ccccc45)n3)cc21. The van der Waals surface area contributed by atoms with Crippen LogP contribution in [0.2, 0.25) is 0 Å². The van der Waals surface area contributed by atoms with Crippen molar-refractivity contribution in [2.75, 3.05) is 23.9 Å². The number of nitrogens with zero attached hydrogens (tertiary/aromatic N) is 4. The first-order chi connectivity index (χ1) is 16.1. The van der Waals surface area contributed by atoms with E-state index in [4.69, 9.17) is 9.72 Å². The summed E-state index contributed by atoms with van der Waals surface area (Å²) < 4.78 is 7.73. The molecule has 0 saturated carbocycles. The van der Waals surface area contributed by atoms with Crippen LogP contribution < -0.4 is 15.0 Å². The van der Waals surface area contributed by atoms with Crippen molar-refractivity contribution in [3.05, 3.63) is 73.1 Å². The number of anilines is 3. The van der Waals surface area contributed by atoms with E-state index in [0.29, 0.717) is 23.9 Å². The van der Waals surface area contributed by atoms with Gasteiger partial charge in [-0.25, -0.2) is 9.97 Å². The van der Waals surface area contributed by atoms with Crippen molar-refractivity contribution in [2.45, 2.75) is 12.8 Å². The van der Waals surface area contributed by atoms with Crippen molar-refractivity contribution in [1.29, 1.82) is 0 Å². The fourth-order valence-corrected chi connectivity index (χ4v) is 4.45. The van der Waals surface area contributed by atoms with Crippen molar-refractivity contribution in [1.82, 2.24) is 14.5 Å². The fourth-order valence-electron chi connectivity index (χ4n) is 4.45. The molecule has 1 aliphatic heterocycles. The largest absolute Gasteiger partial charge is 0.495 e. The van der Waals surface area contributed by atoms with Gasteiger partial charge >= 0.3 is 0 Å². The summed E-state index contributed by atoms with van der Waals surface area (Å²) in [7, 11) is 3.66. The van der Waals surface area contributed by atoms with Crippen molar-refractivity contribution in [2.24, 2.45) is 7.05 Å². The number of aryl methyl sites for hydroxylation is 2. The number of hydrogen-bond acceptors (Lipinski definition) is 5. The number of para-hydroxylation sites is 1. The summed E-state index contributed by atoms with van der Waals surface area (Å²) in [5, 5.41) is 4.43. The maximum Gasteiger partial charge on any atom is 0.250 e. The number of rotatable bonds is 5. The molecule has 2 aromatic heterocycles. The van der Waals surface area contributed by atoms with Crippen LogP contribution in [-0.4, -0.2) is 34.1 Å². The molecule has 1 N–H and O–H groups in total. The molecule has 2 aromatic carbocycles. The predicted molar refractivity (Wildman–Crippen MR) is 131 cm³/mol. The average molecular weight is 440 g/mol. The lowest BCUT2D eigenvalue weighted by atomic mass is 10.00. The summed E-state index contributed by atoms with van der Waals surface area (Å²) in [6.07, 6.45) is 6.96. The minimum atomic E-state index is -0.110. The molecule has 0 aliphatic carbocycles. The average Bonchev–Trinajstić information content (AvgIpc) is 3.19. The molecule has 3 heterocycles. The summed E-state index contributed by atoms with van der Waals surface area (Å²) in [4.78, 5) is 23.3. The molecule has 0 bridgehead atoms. The Hall–Kier alpha value is -4.13. The molecule has 7 nitrogen and oxygen atoms in total. The second kappa shape index (κ2) is 8.43. The maximum atomic E-state index is 12.4. The van der Waals surface area contributed by atoms with Gasteiger partial charge in [0.25, 0.3) is 0 Å². The van der Waals surface area contributed by atoms with Crippen LogP contribution in [0, 0.1) is 0 Å². The van der Waals surface area contributed by atoms with Gasteiger partial charge in [-0.3, -0.25) is 4.79 Å².